The Kier molecular flexibility index (Phi) is 5.61. The van der Waals surface area contributed by atoms with Gasteiger partial charge in [-0.3, -0.25) is 14.5 Å². The molecule has 2 amide bonds. The van der Waals surface area contributed by atoms with Crippen molar-refractivity contribution in [2.75, 3.05) is 13.1 Å². The molecule has 9 nitrogen and oxygen atoms in total. The number of nitrogens with one attached hydrogen (secondary N) is 2. The number of amides is 2. The Labute approximate surface area is 163 Å². The van der Waals surface area contributed by atoms with Crippen molar-refractivity contribution in [3.8, 4) is 0 Å². The van der Waals surface area contributed by atoms with E-state index in [-0.39, 0.29) is 11.8 Å². The van der Waals surface area contributed by atoms with Gasteiger partial charge in [0.1, 0.15) is 6.04 Å². The Hall–Kier alpha value is -2.81. The monoisotopic (exact) mass is 383 g/mol. The summed E-state index contributed by atoms with van der Waals surface area (Å²) in [5.41, 5.74) is 2.78. The van der Waals surface area contributed by atoms with Gasteiger partial charge in [-0.1, -0.05) is 24.3 Å². The molecule has 0 saturated carbocycles. The minimum absolute atomic E-state index is 0.0979. The predicted molar refractivity (Wildman–Crippen MR) is 101 cm³/mol. The lowest BCUT2D eigenvalue weighted by Crippen LogP contribution is -2.40. The topological polar surface area (TPSA) is 105 Å². The van der Waals surface area contributed by atoms with Crippen molar-refractivity contribution in [2.45, 2.75) is 51.4 Å². The highest BCUT2D eigenvalue weighted by molar-refractivity contribution is 5.88. The summed E-state index contributed by atoms with van der Waals surface area (Å²) >= 11 is 0. The molecule has 2 N–H and O–H groups in total. The van der Waals surface area contributed by atoms with Crippen molar-refractivity contribution in [1.82, 2.24) is 35.7 Å². The molecule has 2 aromatic rings. The van der Waals surface area contributed by atoms with E-state index in [0.29, 0.717) is 38.9 Å². The number of nitrogens with zero attached hydrogens (tertiary/aromatic N) is 5. The third-order valence-electron chi connectivity index (χ3n) is 5.34. The summed E-state index contributed by atoms with van der Waals surface area (Å²) in [4.78, 5) is 25.9. The van der Waals surface area contributed by atoms with E-state index in [0.717, 1.165) is 25.3 Å². The number of hydrogen-bond acceptors (Lipinski definition) is 6. The number of aryl methyl sites for hydroxylation is 1. The lowest BCUT2D eigenvalue weighted by Gasteiger charge is -2.28. The second-order valence-electron chi connectivity index (χ2n) is 7.35. The number of rotatable bonds is 7. The Morgan fingerprint density at radius 3 is 2.96 bits per heavy atom. The smallest absolute Gasteiger partial charge is 0.242 e. The van der Waals surface area contributed by atoms with Crippen molar-refractivity contribution >= 4 is 11.8 Å². The minimum atomic E-state index is -0.391. The molecule has 1 unspecified atom stereocenters. The van der Waals surface area contributed by atoms with Crippen LogP contribution in [0, 0.1) is 0 Å². The molecular formula is C19H25N7O2. The zero-order chi connectivity index (χ0) is 19.3. The van der Waals surface area contributed by atoms with Crippen LogP contribution in [-0.4, -0.2) is 56.1 Å². The van der Waals surface area contributed by atoms with Crippen LogP contribution in [0.1, 0.15) is 36.2 Å². The summed E-state index contributed by atoms with van der Waals surface area (Å²) in [6.45, 7) is 3.77. The SMILES string of the molecule is O=C(CCCn1nnnc1CN1CCc2ccccc2C1)NC1CCNC1=O. The summed E-state index contributed by atoms with van der Waals surface area (Å²) in [7, 11) is 0. The van der Waals surface area contributed by atoms with Crippen LogP contribution in [0.2, 0.25) is 0 Å². The maximum absolute atomic E-state index is 12.0. The minimum Gasteiger partial charge on any atom is -0.354 e. The average molecular weight is 383 g/mol. The number of fused-ring (bicyclic) bond motifs is 1. The molecule has 1 saturated heterocycles. The van der Waals surface area contributed by atoms with Crippen molar-refractivity contribution in [3.63, 3.8) is 0 Å². The standard InChI is InChI=1S/C19H25N7O2/c27-18(21-16-7-9-20-19(16)28)6-3-10-26-17(22-23-24-26)13-25-11-8-14-4-1-2-5-15(14)12-25/h1-2,4-5,16H,3,6-13H2,(H,20,28)(H,21,27). The number of hydrogen-bond donors (Lipinski definition) is 2. The number of aromatic nitrogens is 4. The molecule has 1 aromatic carbocycles. The molecule has 3 heterocycles. The summed E-state index contributed by atoms with van der Waals surface area (Å²) in [5, 5.41) is 17.5. The van der Waals surface area contributed by atoms with Gasteiger partial charge in [-0.05, 0) is 40.8 Å². The van der Waals surface area contributed by atoms with Crippen LogP contribution >= 0.6 is 0 Å². The lowest BCUT2D eigenvalue weighted by molar-refractivity contribution is -0.127. The number of tetrazole rings is 1. The second-order valence-corrected chi connectivity index (χ2v) is 7.35. The van der Waals surface area contributed by atoms with Gasteiger partial charge in [0.15, 0.2) is 5.82 Å². The maximum Gasteiger partial charge on any atom is 0.242 e. The molecule has 1 aromatic heterocycles. The van der Waals surface area contributed by atoms with Crippen LogP contribution in [0.25, 0.3) is 0 Å². The summed E-state index contributed by atoms with van der Waals surface area (Å²) in [6.07, 6.45) is 2.66. The fourth-order valence-electron chi connectivity index (χ4n) is 3.79. The average Bonchev–Trinajstić information content (AvgIpc) is 3.31. The fraction of sp³-hybridized carbons (Fsp3) is 0.526. The highest BCUT2D eigenvalue weighted by Crippen LogP contribution is 2.19. The molecule has 2 aliphatic heterocycles. The Morgan fingerprint density at radius 2 is 2.14 bits per heavy atom. The molecule has 1 atom stereocenters. The molecule has 0 radical (unpaired) electrons. The first kappa shape index (κ1) is 18.5. The van der Waals surface area contributed by atoms with Crippen molar-refractivity contribution in [3.05, 3.63) is 41.2 Å². The van der Waals surface area contributed by atoms with Crippen LogP contribution in [0.5, 0.6) is 0 Å². The van der Waals surface area contributed by atoms with Gasteiger partial charge in [0.2, 0.25) is 11.8 Å². The van der Waals surface area contributed by atoms with E-state index in [2.05, 4.69) is 55.3 Å². The second kappa shape index (κ2) is 8.47. The van der Waals surface area contributed by atoms with Crippen LogP contribution in [0.3, 0.4) is 0 Å². The van der Waals surface area contributed by atoms with Gasteiger partial charge in [0.05, 0.1) is 6.54 Å². The summed E-state index contributed by atoms with van der Waals surface area (Å²) in [6, 6.07) is 8.14. The van der Waals surface area contributed by atoms with Crippen LogP contribution in [-0.2, 0) is 35.6 Å². The van der Waals surface area contributed by atoms with Gasteiger partial charge >= 0.3 is 0 Å². The largest absolute Gasteiger partial charge is 0.354 e. The van der Waals surface area contributed by atoms with E-state index >= 15 is 0 Å². The van der Waals surface area contributed by atoms with Gasteiger partial charge in [-0.15, -0.1) is 5.10 Å². The van der Waals surface area contributed by atoms with E-state index in [9.17, 15) is 9.59 Å². The van der Waals surface area contributed by atoms with Gasteiger partial charge in [0, 0.05) is 32.6 Å². The number of carbonyl (C=O) groups is 2. The van der Waals surface area contributed by atoms with Gasteiger partial charge in [0.25, 0.3) is 0 Å². The molecule has 0 spiro atoms. The number of benzene rings is 1. The zero-order valence-electron chi connectivity index (χ0n) is 15.8. The molecule has 2 aliphatic rings. The van der Waals surface area contributed by atoms with E-state index in [1.807, 2.05) is 0 Å². The fourth-order valence-corrected chi connectivity index (χ4v) is 3.79. The molecule has 4 rings (SSSR count). The van der Waals surface area contributed by atoms with Crippen molar-refractivity contribution in [2.24, 2.45) is 0 Å². The van der Waals surface area contributed by atoms with E-state index in [1.54, 1.807) is 4.68 Å². The quantitative estimate of drug-likeness (QED) is 0.698. The normalized spacial score (nSPS) is 19.3. The molecule has 28 heavy (non-hydrogen) atoms. The Bertz CT molecular complexity index is 850. The Morgan fingerprint density at radius 1 is 1.29 bits per heavy atom. The Balaban J connectivity index is 1.25. The van der Waals surface area contributed by atoms with Gasteiger partial charge < -0.3 is 10.6 Å². The molecule has 0 aliphatic carbocycles. The molecular weight excluding hydrogens is 358 g/mol. The van der Waals surface area contributed by atoms with E-state index in [1.165, 1.54) is 11.1 Å². The van der Waals surface area contributed by atoms with Gasteiger partial charge in [-0.25, -0.2) is 4.68 Å². The predicted octanol–water partition coefficient (Wildman–Crippen LogP) is 0.0163. The van der Waals surface area contributed by atoms with Crippen LogP contribution < -0.4 is 10.6 Å². The first-order chi connectivity index (χ1) is 13.7. The van der Waals surface area contributed by atoms with Crippen LogP contribution in [0.4, 0.5) is 0 Å². The first-order valence-electron chi connectivity index (χ1n) is 9.80. The maximum atomic E-state index is 12.0. The third kappa shape index (κ3) is 4.36. The molecule has 9 heteroatoms. The highest BCUT2D eigenvalue weighted by Gasteiger charge is 2.25. The zero-order valence-corrected chi connectivity index (χ0v) is 15.8. The number of carbonyl (C=O) groups excluding carboxylic acids is 2. The molecule has 148 valence electrons. The molecule has 1 fully saturated rings. The van der Waals surface area contributed by atoms with Crippen LogP contribution in [0.15, 0.2) is 24.3 Å². The highest BCUT2D eigenvalue weighted by atomic mass is 16.2. The van der Waals surface area contributed by atoms with Crippen molar-refractivity contribution < 1.29 is 9.59 Å². The summed E-state index contributed by atoms with van der Waals surface area (Å²) < 4.78 is 1.77. The first-order valence-corrected chi connectivity index (χ1v) is 9.80. The lowest BCUT2D eigenvalue weighted by atomic mass is 10.00. The van der Waals surface area contributed by atoms with Crippen molar-refractivity contribution in [1.29, 1.82) is 0 Å². The third-order valence-corrected chi connectivity index (χ3v) is 5.34. The summed E-state index contributed by atoms with van der Waals surface area (Å²) in [5.74, 6) is 0.610. The van der Waals surface area contributed by atoms with E-state index < -0.39 is 6.04 Å². The van der Waals surface area contributed by atoms with Gasteiger partial charge in [-0.2, -0.15) is 0 Å². The van der Waals surface area contributed by atoms with E-state index in [4.69, 9.17) is 0 Å². The molecule has 0 bridgehead atoms.